The summed E-state index contributed by atoms with van der Waals surface area (Å²) in [6, 6.07) is 10.0. The van der Waals surface area contributed by atoms with Crippen molar-refractivity contribution in [2.45, 2.75) is 6.42 Å². The molecule has 0 unspecified atom stereocenters. The van der Waals surface area contributed by atoms with Gasteiger partial charge >= 0.3 is 0 Å². The van der Waals surface area contributed by atoms with E-state index in [1.165, 1.54) is 12.0 Å². The first-order valence-corrected chi connectivity index (χ1v) is 4.18. The van der Waals surface area contributed by atoms with Gasteiger partial charge in [-0.05, 0) is 12.0 Å². The van der Waals surface area contributed by atoms with Crippen molar-refractivity contribution in [1.82, 2.24) is 0 Å². The maximum Gasteiger partial charge on any atom is 0.0488 e. The van der Waals surface area contributed by atoms with E-state index in [9.17, 15) is 0 Å². The molecule has 0 bridgehead atoms. The van der Waals surface area contributed by atoms with Crippen LogP contribution in [0.1, 0.15) is 12.0 Å². The van der Waals surface area contributed by atoms with Crippen molar-refractivity contribution in [1.29, 1.82) is 0 Å². The van der Waals surface area contributed by atoms with E-state index < -0.39 is 0 Å². The number of benzene rings is 1. The summed E-state index contributed by atoms with van der Waals surface area (Å²) >= 11 is 0. The maximum atomic E-state index is 4.72. The van der Waals surface area contributed by atoms with E-state index in [1.807, 2.05) is 36.4 Å². The van der Waals surface area contributed by atoms with Crippen molar-refractivity contribution in [3.8, 4) is 0 Å². The summed E-state index contributed by atoms with van der Waals surface area (Å²) in [4.78, 5) is 0. The summed E-state index contributed by atoms with van der Waals surface area (Å²) in [6.45, 7) is 5.63. The van der Waals surface area contributed by atoms with Gasteiger partial charge in [0, 0.05) is 13.2 Å². The van der Waals surface area contributed by atoms with E-state index in [-0.39, 0.29) is 0 Å². The second kappa shape index (κ2) is 5.56. The van der Waals surface area contributed by atoms with Crippen LogP contribution in [0.25, 0.3) is 6.08 Å². The lowest BCUT2D eigenvalue weighted by atomic mass is 10.2. The highest BCUT2D eigenvalue weighted by Crippen LogP contribution is 1.97. The normalized spacial score (nSPS) is 13.7. The molecule has 1 saturated heterocycles. The summed E-state index contributed by atoms with van der Waals surface area (Å²) < 4.78 is 4.72. The summed E-state index contributed by atoms with van der Waals surface area (Å²) in [6.07, 6.45) is 3.11. The van der Waals surface area contributed by atoms with Crippen LogP contribution in [0.2, 0.25) is 0 Å². The topological polar surface area (TPSA) is 9.23 Å². The van der Waals surface area contributed by atoms with Crippen LogP contribution in [-0.2, 0) is 4.74 Å². The Hall–Kier alpha value is -1.08. The molecule has 1 aliphatic heterocycles. The van der Waals surface area contributed by atoms with E-state index in [0.717, 1.165) is 13.2 Å². The summed E-state index contributed by atoms with van der Waals surface area (Å²) in [5.74, 6) is 0. The highest BCUT2D eigenvalue weighted by Gasteiger charge is 1.94. The Kier molecular flexibility index (Phi) is 4.17. The van der Waals surface area contributed by atoms with E-state index >= 15 is 0 Å². The van der Waals surface area contributed by atoms with Crippen LogP contribution in [0.15, 0.2) is 36.9 Å². The van der Waals surface area contributed by atoms with Crippen molar-refractivity contribution < 1.29 is 4.74 Å². The van der Waals surface area contributed by atoms with Crippen LogP contribution in [-0.4, -0.2) is 13.2 Å². The molecule has 0 amide bonds. The minimum atomic E-state index is 1.00. The van der Waals surface area contributed by atoms with Crippen LogP contribution in [0, 0.1) is 0 Å². The van der Waals surface area contributed by atoms with Crippen LogP contribution in [0.3, 0.4) is 0 Å². The van der Waals surface area contributed by atoms with Gasteiger partial charge in [0.05, 0.1) is 0 Å². The predicted octanol–water partition coefficient (Wildman–Crippen LogP) is 2.74. The Morgan fingerprint density at radius 2 is 1.67 bits per heavy atom. The molecule has 1 heterocycles. The molecular formula is C11H14O. The molecular weight excluding hydrogens is 148 g/mol. The summed E-state index contributed by atoms with van der Waals surface area (Å²) in [5.41, 5.74) is 1.17. The molecule has 12 heavy (non-hydrogen) atoms. The predicted molar refractivity (Wildman–Crippen MR) is 52.0 cm³/mol. The first kappa shape index (κ1) is 9.01. The number of ether oxygens (including phenoxy) is 1. The van der Waals surface area contributed by atoms with Gasteiger partial charge in [-0.25, -0.2) is 0 Å². The molecule has 0 saturated carbocycles. The fourth-order valence-corrected chi connectivity index (χ4v) is 0.733. The van der Waals surface area contributed by atoms with Gasteiger partial charge in [-0.15, -0.1) is 0 Å². The lowest BCUT2D eigenvalue weighted by Crippen LogP contribution is -2.09. The molecule has 0 spiro atoms. The quantitative estimate of drug-likeness (QED) is 0.617. The van der Waals surface area contributed by atoms with Crippen LogP contribution in [0.4, 0.5) is 0 Å². The van der Waals surface area contributed by atoms with Crippen molar-refractivity contribution in [2.24, 2.45) is 0 Å². The fourth-order valence-electron chi connectivity index (χ4n) is 0.733. The van der Waals surface area contributed by atoms with Crippen molar-refractivity contribution in [3.63, 3.8) is 0 Å². The molecule has 1 nitrogen and oxygen atoms in total. The smallest absolute Gasteiger partial charge is 0.0488 e. The second-order valence-corrected chi connectivity index (χ2v) is 2.58. The average Bonchev–Trinajstić information content (AvgIpc) is 2.03. The van der Waals surface area contributed by atoms with Gasteiger partial charge in [0.2, 0.25) is 0 Å². The van der Waals surface area contributed by atoms with Crippen LogP contribution < -0.4 is 0 Å². The lowest BCUT2D eigenvalue weighted by molar-refractivity contribution is 0.0367. The van der Waals surface area contributed by atoms with Gasteiger partial charge in [0.25, 0.3) is 0 Å². The SMILES string of the molecule is C1COC1.C=Cc1ccccc1. The molecule has 0 aromatic heterocycles. The maximum absolute atomic E-state index is 4.72. The Bertz CT molecular complexity index is 208. The Balaban J connectivity index is 0.000000150. The zero-order chi connectivity index (χ0) is 8.65. The molecule has 0 N–H and O–H groups in total. The molecule has 1 fully saturated rings. The van der Waals surface area contributed by atoms with Gasteiger partial charge in [0.1, 0.15) is 0 Å². The lowest BCUT2D eigenvalue weighted by Gasteiger charge is -2.09. The fraction of sp³-hybridized carbons (Fsp3) is 0.273. The van der Waals surface area contributed by atoms with Gasteiger partial charge in [0.15, 0.2) is 0 Å². The highest BCUT2D eigenvalue weighted by atomic mass is 16.5. The third kappa shape index (κ3) is 3.35. The molecule has 2 rings (SSSR count). The Labute approximate surface area is 73.7 Å². The van der Waals surface area contributed by atoms with E-state index in [1.54, 1.807) is 0 Å². The van der Waals surface area contributed by atoms with Crippen molar-refractivity contribution >= 4 is 6.08 Å². The van der Waals surface area contributed by atoms with Crippen LogP contribution >= 0.6 is 0 Å². The molecule has 0 aliphatic carbocycles. The van der Waals surface area contributed by atoms with E-state index in [0.29, 0.717) is 0 Å². The molecule has 1 aliphatic rings. The Morgan fingerprint density at radius 1 is 1.17 bits per heavy atom. The zero-order valence-corrected chi connectivity index (χ0v) is 7.20. The number of rotatable bonds is 1. The third-order valence-corrected chi connectivity index (χ3v) is 1.61. The van der Waals surface area contributed by atoms with Gasteiger partial charge in [-0.3, -0.25) is 0 Å². The highest BCUT2D eigenvalue weighted by molar-refractivity contribution is 5.45. The van der Waals surface area contributed by atoms with Crippen molar-refractivity contribution in [2.75, 3.05) is 13.2 Å². The average molecular weight is 162 g/mol. The molecule has 0 radical (unpaired) electrons. The third-order valence-electron chi connectivity index (χ3n) is 1.61. The standard InChI is InChI=1S/C8H8.C3H6O/c1-2-8-6-4-3-5-7-8;1-2-4-3-1/h2-7H,1H2;1-3H2. The number of hydrogen-bond acceptors (Lipinski definition) is 1. The zero-order valence-electron chi connectivity index (χ0n) is 7.20. The minimum Gasteiger partial charge on any atom is -0.381 e. The monoisotopic (exact) mass is 162 g/mol. The molecule has 0 atom stereocenters. The molecule has 1 aromatic rings. The minimum absolute atomic E-state index is 1.00. The van der Waals surface area contributed by atoms with E-state index in [4.69, 9.17) is 4.74 Å². The number of hydrogen-bond donors (Lipinski definition) is 0. The van der Waals surface area contributed by atoms with Gasteiger partial charge in [-0.2, -0.15) is 0 Å². The van der Waals surface area contributed by atoms with Crippen LogP contribution in [0.5, 0.6) is 0 Å². The molecule has 1 aromatic carbocycles. The first-order valence-electron chi connectivity index (χ1n) is 4.18. The van der Waals surface area contributed by atoms with Gasteiger partial charge < -0.3 is 4.74 Å². The summed E-state index contributed by atoms with van der Waals surface area (Å²) in [7, 11) is 0. The summed E-state index contributed by atoms with van der Waals surface area (Å²) in [5, 5.41) is 0. The van der Waals surface area contributed by atoms with Crippen molar-refractivity contribution in [3.05, 3.63) is 42.5 Å². The second-order valence-electron chi connectivity index (χ2n) is 2.58. The molecule has 64 valence electrons. The van der Waals surface area contributed by atoms with Gasteiger partial charge in [-0.1, -0.05) is 43.0 Å². The Morgan fingerprint density at radius 3 is 1.92 bits per heavy atom. The van der Waals surface area contributed by atoms with E-state index in [2.05, 4.69) is 6.58 Å². The first-order chi connectivity index (χ1) is 5.93. The molecule has 1 heteroatoms. The largest absolute Gasteiger partial charge is 0.381 e.